The van der Waals surface area contributed by atoms with Gasteiger partial charge in [-0.1, -0.05) is 11.6 Å². The van der Waals surface area contributed by atoms with Crippen LogP contribution in [-0.2, 0) is 21.0 Å². The molecule has 0 saturated heterocycles. The van der Waals surface area contributed by atoms with Gasteiger partial charge in [-0.05, 0) is 36.8 Å². The van der Waals surface area contributed by atoms with Gasteiger partial charge in [0, 0.05) is 19.2 Å². The summed E-state index contributed by atoms with van der Waals surface area (Å²) in [5, 5.41) is 11.2. The Hall–Kier alpha value is -2.88. The molecular weight excluding hydrogens is 447 g/mol. The number of alkyl halides is 3. The summed E-state index contributed by atoms with van der Waals surface area (Å²) < 4.78 is 61.8. The van der Waals surface area contributed by atoms with E-state index in [-0.39, 0.29) is 40.7 Å². The number of anilines is 1. The Labute approximate surface area is 175 Å². The molecule has 0 unspecified atom stereocenters. The molecule has 160 valence electrons. The fourth-order valence-electron chi connectivity index (χ4n) is 2.13. The van der Waals surface area contributed by atoms with Crippen LogP contribution < -0.4 is 15.6 Å². The van der Waals surface area contributed by atoms with Crippen LogP contribution in [0.25, 0.3) is 0 Å². The maximum Gasteiger partial charge on any atom is 0.417 e. The van der Waals surface area contributed by atoms with Crippen molar-refractivity contribution in [1.82, 2.24) is 15.2 Å². The van der Waals surface area contributed by atoms with Crippen LogP contribution in [0.5, 0.6) is 0 Å². The number of sulfonamides is 1. The zero-order valence-corrected chi connectivity index (χ0v) is 16.7. The molecule has 0 spiro atoms. The second kappa shape index (κ2) is 9.75. The van der Waals surface area contributed by atoms with Crippen molar-refractivity contribution in [3.05, 3.63) is 52.7 Å². The van der Waals surface area contributed by atoms with Gasteiger partial charge in [-0.3, -0.25) is 10.2 Å². The van der Waals surface area contributed by atoms with Crippen LogP contribution >= 0.6 is 11.6 Å². The Balaban J connectivity index is 1.78. The van der Waals surface area contributed by atoms with E-state index in [9.17, 15) is 26.4 Å². The number of carbonyl (C=O) groups is 1. The second-order valence-corrected chi connectivity index (χ2v) is 7.96. The third-order valence-electron chi connectivity index (χ3n) is 3.66. The molecule has 30 heavy (non-hydrogen) atoms. The molecule has 1 amide bonds. The number of aromatic nitrogens is 1. The van der Waals surface area contributed by atoms with E-state index < -0.39 is 27.7 Å². The largest absolute Gasteiger partial charge is 0.417 e. The lowest BCUT2D eigenvalue weighted by Gasteiger charge is -2.11. The summed E-state index contributed by atoms with van der Waals surface area (Å²) >= 11 is 5.76. The summed E-state index contributed by atoms with van der Waals surface area (Å²) in [6.45, 7) is 0.161. The van der Waals surface area contributed by atoms with E-state index in [0.717, 1.165) is 6.07 Å². The zero-order chi connectivity index (χ0) is 22.4. The van der Waals surface area contributed by atoms with Gasteiger partial charge in [-0.15, -0.1) is 4.83 Å². The molecule has 0 saturated carbocycles. The quantitative estimate of drug-likeness (QED) is 0.410. The van der Waals surface area contributed by atoms with Crippen LogP contribution in [0.2, 0.25) is 5.02 Å². The maximum absolute atomic E-state index is 12.6. The van der Waals surface area contributed by atoms with Crippen molar-refractivity contribution in [3.63, 3.8) is 0 Å². The average molecular weight is 462 g/mol. The molecule has 0 radical (unpaired) electrons. The van der Waals surface area contributed by atoms with E-state index in [1.165, 1.54) is 24.3 Å². The molecule has 0 atom stereocenters. The van der Waals surface area contributed by atoms with Gasteiger partial charge in [0.1, 0.15) is 5.82 Å². The first kappa shape index (κ1) is 23.4. The summed E-state index contributed by atoms with van der Waals surface area (Å²) in [5.74, 6) is -0.591. The van der Waals surface area contributed by atoms with Crippen molar-refractivity contribution in [2.45, 2.75) is 23.9 Å². The van der Waals surface area contributed by atoms with Crippen LogP contribution in [-0.4, -0.2) is 25.9 Å². The van der Waals surface area contributed by atoms with Gasteiger partial charge in [-0.25, -0.2) is 13.4 Å². The van der Waals surface area contributed by atoms with Crippen molar-refractivity contribution in [3.8, 4) is 6.07 Å². The number of amides is 1. The first-order valence-corrected chi connectivity index (χ1v) is 10.2. The number of hydrazine groups is 1. The van der Waals surface area contributed by atoms with Crippen LogP contribution in [0.15, 0.2) is 41.4 Å². The van der Waals surface area contributed by atoms with E-state index in [1.54, 1.807) is 0 Å². The molecule has 1 aromatic heterocycles. The molecule has 2 rings (SSSR count). The van der Waals surface area contributed by atoms with Gasteiger partial charge in [0.05, 0.1) is 27.1 Å². The van der Waals surface area contributed by atoms with E-state index in [2.05, 4.69) is 10.3 Å². The van der Waals surface area contributed by atoms with Crippen LogP contribution in [0.4, 0.5) is 19.0 Å². The molecule has 0 fully saturated rings. The minimum absolute atomic E-state index is 0.0339. The van der Waals surface area contributed by atoms with Crippen LogP contribution in [0.3, 0.4) is 0 Å². The van der Waals surface area contributed by atoms with Crippen molar-refractivity contribution < 1.29 is 26.4 Å². The van der Waals surface area contributed by atoms with Gasteiger partial charge < -0.3 is 5.32 Å². The van der Waals surface area contributed by atoms with E-state index >= 15 is 0 Å². The number of rotatable bonds is 8. The molecule has 13 heteroatoms. The molecule has 0 aliphatic carbocycles. The number of hydrogen-bond donors (Lipinski definition) is 3. The molecule has 1 heterocycles. The standard InChI is InChI=1S/C17H15ClF3N5O3S/c18-14-8-12(17(19,20)21)10-24-16(14)23-7-1-2-15(27)25-26-30(28,29)13-5-3-11(9-22)4-6-13/h3-6,8,10,26H,1-2,7H2,(H,23,24)(H,25,27). The molecule has 8 nitrogen and oxygen atoms in total. The number of nitrogens with one attached hydrogen (secondary N) is 3. The maximum atomic E-state index is 12.6. The lowest BCUT2D eigenvalue weighted by molar-refractivity contribution is -0.137. The Morgan fingerprint density at radius 3 is 2.47 bits per heavy atom. The fourth-order valence-corrected chi connectivity index (χ4v) is 3.23. The summed E-state index contributed by atoms with van der Waals surface area (Å²) in [6.07, 6.45) is -3.78. The highest BCUT2D eigenvalue weighted by Crippen LogP contribution is 2.32. The first-order chi connectivity index (χ1) is 14.0. The highest BCUT2D eigenvalue weighted by atomic mass is 35.5. The third kappa shape index (κ3) is 6.58. The molecule has 0 aliphatic heterocycles. The summed E-state index contributed by atoms with van der Waals surface area (Å²) in [6, 6.07) is 7.68. The van der Waals surface area contributed by atoms with Crippen molar-refractivity contribution >= 4 is 33.3 Å². The number of nitrogens with zero attached hydrogens (tertiary/aromatic N) is 2. The predicted molar refractivity (Wildman–Crippen MR) is 102 cm³/mol. The Morgan fingerprint density at radius 2 is 1.90 bits per heavy atom. The van der Waals surface area contributed by atoms with Gasteiger partial charge in [0.15, 0.2) is 0 Å². The van der Waals surface area contributed by atoms with E-state index in [0.29, 0.717) is 6.20 Å². The Bertz CT molecular complexity index is 1050. The van der Waals surface area contributed by atoms with Gasteiger partial charge in [0.25, 0.3) is 10.0 Å². The SMILES string of the molecule is N#Cc1ccc(S(=O)(=O)NNC(=O)CCCNc2ncc(C(F)(F)F)cc2Cl)cc1. The highest BCUT2D eigenvalue weighted by Gasteiger charge is 2.31. The van der Waals surface area contributed by atoms with Gasteiger partial charge in [0.2, 0.25) is 5.91 Å². The second-order valence-electron chi connectivity index (χ2n) is 5.87. The highest BCUT2D eigenvalue weighted by molar-refractivity contribution is 7.89. The van der Waals surface area contributed by atoms with Crippen LogP contribution in [0.1, 0.15) is 24.0 Å². The molecule has 1 aromatic carbocycles. The number of halogens is 4. The number of hydrogen-bond acceptors (Lipinski definition) is 6. The lowest BCUT2D eigenvalue weighted by atomic mass is 10.2. The summed E-state index contributed by atoms with van der Waals surface area (Å²) in [5.41, 5.74) is 1.35. The average Bonchev–Trinajstić information content (AvgIpc) is 2.70. The Kier molecular flexibility index (Phi) is 7.60. The molecule has 3 N–H and O–H groups in total. The summed E-state index contributed by atoms with van der Waals surface area (Å²) in [7, 11) is -4.00. The molecule has 0 aliphatic rings. The van der Waals surface area contributed by atoms with Gasteiger partial charge in [-0.2, -0.15) is 18.4 Å². The first-order valence-electron chi connectivity index (χ1n) is 8.30. The van der Waals surface area contributed by atoms with Crippen LogP contribution in [0, 0.1) is 11.3 Å². The fraction of sp³-hybridized carbons (Fsp3) is 0.235. The van der Waals surface area contributed by atoms with Crippen molar-refractivity contribution in [2.24, 2.45) is 0 Å². The molecule has 2 aromatic rings. The smallest absolute Gasteiger partial charge is 0.369 e. The monoisotopic (exact) mass is 461 g/mol. The van der Waals surface area contributed by atoms with Crippen molar-refractivity contribution in [2.75, 3.05) is 11.9 Å². The number of carbonyl (C=O) groups excluding carboxylic acids is 1. The van der Waals surface area contributed by atoms with Gasteiger partial charge >= 0.3 is 6.18 Å². The minimum Gasteiger partial charge on any atom is -0.369 e. The number of nitriles is 1. The summed E-state index contributed by atoms with van der Waals surface area (Å²) in [4.78, 5) is 17.2. The normalized spacial score (nSPS) is 11.6. The minimum atomic E-state index is -4.56. The number of pyridine rings is 1. The molecular formula is C17H15ClF3N5O3S. The lowest BCUT2D eigenvalue weighted by Crippen LogP contribution is -2.41. The predicted octanol–water partition coefficient (Wildman–Crippen LogP) is 2.83. The van der Waals surface area contributed by atoms with Crippen molar-refractivity contribution in [1.29, 1.82) is 5.26 Å². The van der Waals surface area contributed by atoms with E-state index in [4.69, 9.17) is 16.9 Å². The number of benzene rings is 1. The molecule has 0 bridgehead atoms. The topological polar surface area (TPSA) is 124 Å². The van der Waals surface area contributed by atoms with E-state index in [1.807, 2.05) is 16.3 Å². The zero-order valence-electron chi connectivity index (χ0n) is 15.1. The Morgan fingerprint density at radius 1 is 1.23 bits per heavy atom. The third-order valence-corrected chi connectivity index (χ3v) is 5.21.